The molecule has 4 rings (SSSR count). The van der Waals surface area contributed by atoms with Crippen molar-refractivity contribution in [2.24, 2.45) is 5.10 Å². The van der Waals surface area contributed by atoms with Crippen molar-refractivity contribution in [1.29, 1.82) is 0 Å². The van der Waals surface area contributed by atoms with E-state index in [9.17, 15) is 14.9 Å². The molecule has 0 saturated heterocycles. The minimum Gasteiger partial charge on any atom is -0.493 e. The van der Waals surface area contributed by atoms with Gasteiger partial charge in [0.2, 0.25) is 0 Å². The summed E-state index contributed by atoms with van der Waals surface area (Å²) in [5.41, 5.74) is 3.43. The van der Waals surface area contributed by atoms with E-state index in [2.05, 4.69) is 27.7 Å². The highest BCUT2D eigenvalue weighted by atomic mass is 127. The van der Waals surface area contributed by atoms with E-state index in [0.29, 0.717) is 28.5 Å². The molecule has 34 heavy (non-hydrogen) atoms. The molecule has 1 aliphatic heterocycles. The molecule has 0 unspecified atom stereocenters. The number of methoxy groups -OCH3 is 1. The van der Waals surface area contributed by atoms with Crippen molar-refractivity contribution in [3.05, 3.63) is 97.1 Å². The first-order valence-corrected chi connectivity index (χ1v) is 11.4. The van der Waals surface area contributed by atoms with Crippen LogP contribution in [0.3, 0.4) is 0 Å². The number of nitro benzene ring substituents is 1. The van der Waals surface area contributed by atoms with E-state index in [1.807, 2.05) is 36.4 Å². The summed E-state index contributed by atoms with van der Waals surface area (Å²) in [6.45, 7) is 2.03. The number of non-ortho nitro benzene ring substituents is 1. The van der Waals surface area contributed by atoms with Gasteiger partial charge in [-0.15, -0.1) is 0 Å². The van der Waals surface area contributed by atoms with E-state index in [4.69, 9.17) is 9.47 Å². The molecule has 1 aliphatic rings. The molecule has 0 fully saturated rings. The van der Waals surface area contributed by atoms with Gasteiger partial charge in [0.1, 0.15) is 6.61 Å². The van der Waals surface area contributed by atoms with Gasteiger partial charge in [0.05, 0.1) is 32.6 Å². The fraction of sp³-hybridized carbons (Fsp3) is 0.120. The highest BCUT2D eigenvalue weighted by molar-refractivity contribution is 14.1. The summed E-state index contributed by atoms with van der Waals surface area (Å²) in [5, 5.41) is 16.6. The van der Waals surface area contributed by atoms with Gasteiger partial charge in [-0.25, -0.2) is 0 Å². The second-order valence-corrected chi connectivity index (χ2v) is 8.60. The lowest BCUT2D eigenvalue weighted by atomic mass is 10.1. The number of benzene rings is 3. The van der Waals surface area contributed by atoms with Crippen molar-refractivity contribution in [3.63, 3.8) is 0 Å². The fourth-order valence-electron chi connectivity index (χ4n) is 3.43. The first-order valence-electron chi connectivity index (χ1n) is 10.3. The minimum absolute atomic E-state index is 0.0272. The number of nitrogens with zero attached hydrogens (tertiary/aromatic N) is 3. The summed E-state index contributed by atoms with van der Waals surface area (Å²) >= 11 is 2.15. The van der Waals surface area contributed by atoms with Crippen molar-refractivity contribution in [2.75, 3.05) is 12.1 Å². The van der Waals surface area contributed by atoms with Crippen LogP contribution in [-0.4, -0.2) is 23.7 Å². The average molecular weight is 569 g/mol. The molecule has 8 nitrogen and oxygen atoms in total. The van der Waals surface area contributed by atoms with E-state index >= 15 is 0 Å². The molecule has 3 aromatic carbocycles. The van der Waals surface area contributed by atoms with Gasteiger partial charge in [-0.1, -0.05) is 18.2 Å². The first-order chi connectivity index (χ1) is 16.4. The van der Waals surface area contributed by atoms with Crippen LogP contribution in [0.4, 0.5) is 11.4 Å². The number of carbonyl (C=O) groups excluding carboxylic acids is 1. The number of ether oxygens (including phenoxy) is 2. The molecule has 0 aromatic heterocycles. The number of para-hydroxylation sites is 1. The largest absolute Gasteiger partial charge is 0.493 e. The lowest BCUT2D eigenvalue weighted by molar-refractivity contribution is -0.384. The Bertz CT molecular complexity index is 1300. The van der Waals surface area contributed by atoms with E-state index in [-0.39, 0.29) is 18.2 Å². The average Bonchev–Trinajstić information content (AvgIpc) is 3.12. The SMILES string of the molecule is COc1cc(/C=C2/C(=O)N(c3ccccc3)N=C2C)cc(I)c1OCc1ccc([N+](=O)[O-])cc1. The van der Waals surface area contributed by atoms with E-state index in [1.54, 1.807) is 38.3 Å². The summed E-state index contributed by atoms with van der Waals surface area (Å²) in [6, 6.07) is 19.2. The predicted octanol–water partition coefficient (Wildman–Crippen LogP) is 5.59. The molecule has 0 saturated carbocycles. The summed E-state index contributed by atoms with van der Waals surface area (Å²) in [7, 11) is 1.55. The summed E-state index contributed by atoms with van der Waals surface area (Å²) in [5.74, 6) is 0.870. The Balaban J connectivity index is 1.56. The van der Waals surface area contributed by atoms with Crippen LogP contribution in [0, 0.1) is 13.7 Å². The summed E-state index contributed by atoms with van der Waals surface area (Å²) in [6.07, 6.45) is 1.79. The van der Waals surface area contributed by atoms with Gasteiger partial charge in [-0.3, -0.25) is 14.9 Å². The smallest absolute Gasteiger partial charge is 0.280 e. The Morgan fingerprint density at radius 1 is 1.12 bits per heavy atom. The zero-order chi connectivity index (χ0) is 24.2. The Hall–Kier alpha value is -3.73. The zero-order valence-electron chi connectivity index (χ0n) is 18.4. The van der Waals surface area contributed by atoms with Crippen molar-refractivity contribution < 1.29 is 19.2 Å². The number of nitro groups is 1. The number of amides is 1. The molecule has 3 aromatic rings. The van der Waals surface area contributed by atoms with Crippen LogP contribution in [-0.2, 0) is 11.4 Å². The molecule has 0 spiro atoms. The number of hydrazone groups is 1. The van der Waals surface area contributed by atoms with Crippen molar-refractivity contribution in [2.45, 2.75) is 13.5 Å². The molecule has 0 radical (unpaired) electrons. The van der Waals surface area contributed by atoms with Crippen LogP contribution >= 0.6 is 22.6 Å². The van der Waals surface area contributed by atoms with E-state index < -0.39 is 4.92 Å². The third kappa shape index (κ3) is 4.93. The number of rotatable bonds is 7. The molecule has 1 amide bonds. The highest BCUT2D eigenvalue weighted by Gasteiger charge is 2.28. The zero-order valence-corrected chi connectivity index (χ0v) is 20.6. The Labute approximate surface area is 209 Å². The van der Waals surface area contributed by atoms with E-state index in [0.717, 1.165) is 14.7 Å². The number of hydrogen-bond donors (Lipinski definition) is 0. The second kappa shape index (κ2) is 10.0. The molecule has 0 atom stereocenters. The molecule has 1 heterocycles. The van der Waals surface area contributed by atoms with Crippen LogP contribution in [0.25, 0.3) is 6.08 Å². The Kier molecular flexibility index (Phi) is 6.92. The van der Waals surface area contributed by atoms with Crippen LogP contribution < -0.4 is 14.5 Å². The molecule has 0 N–H and O–H groups in total. The molecule has 9 heteroatoms. The van der Waals surface area contributed by atoms with Gasteiger partial charge >= 0.3 is 0 Å². The summed E-state index contributed by atoms with van der Waals surface area (Å²) < 4.78 is 12.3. The summed E-state index contributed by atoms with van der Waals surface area (Å²) in [4.78, 5) is 23.4. The molecule has 0 bridgehead atoms. The van der Waals surface area contributed by atoms with Gasteiger partial charge in [0, 0.05) is 12.1 Å². The number of hydrogen-bond acceptors (Lipinski definition) is 6. The third-order valence-electron chi connectivity index (χ3n) is 5.16. The highest BCUT2D eigenvalue weighted by Crippen LogP contribution is 2.36. The Morgan fingerprint density at radius 3 is 2.47 bits per heavy atom. The molecular formula is C25H20IN3O5. The topological polar surface area (TPSA) is 94.3 Å². The monoisotopic (exact) mass is 569 g/mol. The van der Waals surface area contributed by atoms with Gasteiger partial charge in [-0.2, -0.15) is 10.1 Å². The third-order valence-corrected chi connectivity index (χ3v) is 5.96. The standard InChI is InChI=1S/C25H20IN3O5/c1-16-21(25(30)28(27-16)19-6-4-3-5-7-19)12-18-13-22(26)24(23(14-18)33-2)34-15-17-8-10-20(11-9-17)29(31)32/h3-14H,15H2,1-2H3/b21-12+. The van der Waals surface area contributed by atoms with Crippen LogP contribution in [0.2, 0.25) is 0 Å². The van der Waals surface area contributed by atoms with Gasteiger partial charge < -0.3 is 9.47 Å². The maximum atomic E-state index is 13.0. The molecule has 0 aliphatic carbocycles. The number of halogens is 1. The van der Waals surface area contributed by atoms with Crippen molar-refractivity contribution in [3.8, 4) is 11.5 Å². The second-order valence-electron chi connectivity index (χ2n) is 7.44. The quantitative estimate of drug-likeness (QED) is 0.160. The minimum atomic E-state index is -0.440. The number of carbonyl (C=O) groups is 1. The van der Waals surface area contributed by atoms with Crippen molar-refractivity contribution in [1.82, 2.24) is 0 Å². The van der Waals surface area contributed by atoms with E-state index in [1.165, 1.54) is 17.1 Å². The van der Waals surface area contributed by atoms with Gasteiger partial charge in [0.15, 0.2) is 11.5 Å². The number of anilines is 1. The molecular weight excluding hydrogens is 549 g/mol. The predicted molar refractivity (Wildman–Crippen MR) is 138 cm³/mol. The first kappa shape index (κ1) is 23.4. The van der Waals surface area contributed by atoms with Crippen LogP contribution in [0.5, 0.6) is 11.5 Å². The van der Waals surface area contributed by atoms with Gasteiger partial charge in [0.25, 0.3) is 11.6 Å². The van der Waals surface area contributed by atoms with Gasteiger partial charge in [-0.05, 0) is 83.1 Å². The lowest BCUT2D eigenvalue weighted by Gasteiger charge is -2.14. The normalized spacial score (nSPS) is 14.3. The maximum absolute atomic E-state index is 13.0. The van der Waals surface area contributed by atoms with Crippen LogP contribution in [0.1, 0.15) is 18.1 Å². The molecule has 172 valence electrons. The lowest BCUT2D eigenvalue weighted by Crippen LogP contribution is -2.21. The fourth-order valence-corrected chi connectivity index (χ4v) is 4.21. The van der Waals surface area contributed by atoms with Crippen molar-refractivity contribution >= 4 is 51.7 Å². The maximum Gasteiger partial charge on any atom is 0.280 e. The Morgan fingerprint density at radius 2 is 1.82 bits per heavy atom. The van der Waals surface area contributed by atoms with Crippen LogP contribution in [0.15, 0.2) is 77.4 Å².